The molecule has 0 heterocycles. The smallest absolute Gasteiger partial charge is 0.119 e. The highest BCUT2D eigenvalue weighted by atomic mass is 16.5. The minimum atomic E-state index is -0.889. The summed E-state index contributed by atoms with van der Waals surface area (Å²) in [4.78, 5) is 0. The normalized spacial score (nSPS) is 17.1. The number of hydrogen-bond donors (Lipinski definition) is 3. The highest BCUT2D eigenvalue weighted by Crippen LogP contribution is 2.39. The number of hydrogen-bond acceptors (Lipinski definition) is 4. The number of aryl methyl sites for hydroxylation is 1. The van der Waals surface area contributed by atoms with E-state index in [1.165, 1.54) is 36.8 Å². The Balaban J connectivity index is 1.86. The van der Waals surface area contributed by atoms with Gasteiger partial charge in [-0.15, -0.1) is 0 Å². The van der Waals surface area contributed by atoms with E-state index in [9.17, 15) is 10.2 Å². The molecule has 0 amide bonds. The summed E-state index contributed by atoms with van der Waals surface area (Å²) < 4.78 is 5.89. The first kappa shape index (κ1) is 19.2. The van der Waals surface area contributed by atoms with Crippen molar-refractivity contribution in [1.29, 1.82) is 0 Å². The van der Waals surface area contributed by atoms with Crippen LogP contribution in [0.1, 0.15) is 68.9 Å². The lowest BCUT2D eigenvalue weighted by molar-refractivity contribution is 0.108. The summed E-state index contributed by atoms with van der Waals surface area (Å²) >= 11 is 0. The van der Waals surface area contributed by atoms with Crippen molar-refractivity contribution in [3.63, 3.8) is 0 Å². The molecular weight excluding hydrogens is 302 g/mol. The van der Waals surface area contributed by atoms with Gasteiger partial charge in [0.05, 0.1) is 25.4 Å². The van der Waals surface area contributed by atoms with E-state index in [-0.39, 0.29) is 13.2 Å². The fourth-order valence-electron chi connectivity index (χ4n) is 3.55. The average molecular weight is 335 g/mol. The van der Waals surface area contributed by atoms with Crippen molar-refractivity contribution >= 4 is 0 Å². The molecule has 0 bridgehead atoms. The summed E-state index contributed by atoms with van der Waals surface area (Å²) in [5.41, 5.74) is 7.78. The summed E-state index contributed by atoms with van der Waals surface area (Å²) in [5, 5.41) is 18.8. The molecule has 1 aromatic carbocycles. The fourth-order valence-corrected chi connectivity index (χ4v) is 3.55. The third kappa shape index (κ3) is 5.20. The summed E-state index contributed by atoms with van der Waals surface area (Å²) in [7, 11) is 0. The van der Waals surface area contributed by atoms with Crippen molar-refractivity contribution in [1.82, 2.24) is 0 Å². The molecule has 4 nitrogen and oxygen atoms in total. The topological polar surface area (TPSA) is 75.7 Å². The van der Waals surface area contributed by atoms with Gasteiger partial charge in [-0.05, 0) is 54.9 Å². The number of aliphatic hydroxyl groups excluding tert-OH is 2. The Labute approximate surface area is 146 Å². The van der Waals surface area contributed by atoms with Gasteiger partial charge in [0.2, 0.25) is 0 Å². The van der Waals surface area contributed by atoms with Gasteiger partial charge in [0.25, 0.3) is 0 Å². The summed E-state index contributed by atoms with van der Waals surface area (Å²) in [5.74, 6) is 1.26. The molecular formula is C20H33NO3. The van der Waals surface area contributed by atoms with E-state index in [0.29, 0.717) is 12.3 Å². The number of fused-ring (bicyclic) bond motifs is 1. The van der Waals surface area contributed by atoms with Crippen LogP contribution in [-0.4, -0.2) is 35.6 Å². The van der Waals surface area contributed by atoms with Crippen molar-refractivity contribution in [2.45, 2.75) is 69.7 Å². The van der Waals surface area contributed by atoms with E-state index < -0.39 is 5.54 Å². The molecule has 0 saturated heterocycles. The van der Waals surface area contributed by atoms with Crippen molar-refractivity contribution in [3.05, 3.63) is 29.3 Å². The second kappa shape index (κ2) is 9.40. The number of rotatable bonds is 11. The van der Waals surface area contributed by atoms with Crippen LogP contribution in [0.4, 0.5) is 0 Å². The molecule has 0 saturated carbocycles. The Morgan fingerprint density at radius 1 is 1.17 bits per heavy atom. The van der Waals surface area contributed by atoms with Gasteiger partial charge in [0.15, 0.2) is 0 Å². The van der Waals surface area contributed by atoms with Crippen molar-refractivity contribution in [2.75, 3.05) is 19.8 Å². The van der Waals surface area contributed by atoms with E-state index in [1.807, 2.05) is 6.07 Å². The zero-order valence-corrected chi connectivity index (χ0v) is 15.0. The quantitative estimate of drug-likeness (QED) is 0.543. The van der Waals surface area contributed by atoms with E-state index in [1.54, 1.807) is 0 Å². The average Bonchev–Trinajstić information content (AvgIpc) is 3.00. The first-order chi connectivity index (χ1) is 11.6. The molecule has 1 aliphatic carbocycles. The van der Waals surface area contributed by atoms with Gasteiger partial charge in [-0.1, -0.05) is 38.7 Å². The third-order valence-corrected chi connectivity index (χ3v) is 5.12. The van der Waals surface area contributed by atoms with Crippen LogP contribution in [0.3, 0.4) is 0 Å². The molecule has 0 aliphatic heterocycles. The molecule has 0 spiro atoms. The second-order valence-electron chi connectivity index (χ2n) is 7.24. The van der Waals surface area contributed by atoms with Gasteiger partial charge in [-0.25, -0.2) is 0 Å². The lowest BCUT2D eigenvalue weighted by Crippen LogP contribution is -2.48. The molecule has 1 aromatic rings. The van der Waals surface area contributed by atoms with Crippen LogP contribution in [0.25, 0.3) is 0 Å². The maximum absolute atomic E-state index is 9.41. The van der Waals surface area contributed by atoms with Crippen LogP contribution in [0, 0.1) is 0 Å². The van der Waals surface area contributed by atoms with E-state index in [2.05, 4.69) is 19.1 Å². The molecule has 1 unspecified atom stereocenters. The van der Waals surface area contributed by atoms with Crippen LogP contribution in [0.2, 0.25) is 0 Å². The zero-order chi connectivity index (χ0) is 17.4. The number of unbranched alkanes of at least 4 members (excludes halogenated alkanes) is 4. The van der Waals surface area contributed by atoms with Crippen LogP contribution in [0.15, 0.2) is 18.2 Å². The SMILES string of the molecule is CCCCCCCOc1ccc2c(c1)CCC2CC(N)(CO)CO. The van der Waals surface area contributed by atoms with Gasteiger partial charge in [0.1, 0.15) is 5.75 Å². The number of aliphatic hydroxyl groups is 2. The van der Waals surface area contributed by atoms with Crippen LogP contribution in [0.5, 0.6) is 5.75 Å². The Bertz CT molecular complexity index is 500. The molecule has 2 rings (SSSR count). The van der Waals surface area contributed by atoms with Gasteiger partial charge in [0, 0.05) is 0 Å². The maximum Gasteiger partial charge on any atom is 0.119 e. The molecule has 0 radical (unpaired) electrons. The predicted octanol–water partition coefficient (Wildman–Crippen LogP) is 3.14. The van der Waals surface area contributed by atoms with Crippen LogP contribution >= 0.6 is 0 Å². The molecule has 136 valence electrons. The monoisotopic (exact) mass is 335 g/mol. The molecule has 4 heteroatoms. The molecule has 1 aliphatic rings. The first-order valence-electron chi connectivity index (χ1n) is 9.38. The van der Waals surface area contributed by atoms with E-state index in [4.69, 9.17) is 10.5 Å². The molecule has 0 aromatic heterocycles. The molecule has 1 atom stereocenters. The largest absolute Gasteiger partial charge is 0.494 e. The fraction of sp³-hybridized carbons (Fsp3) is 0.700. The minimum Gasteiger partial charge on any atom is -0.494 e. The van der Waals surface area contributed by atoms with Crippen LogP contribution < -0.4 is 10.5 Å². The molecule has 24 heavy (non-hydrogen) atoms. The van der Waals surface area contributed by atoms with Crippen LogP contribution in [-0.2, 0) is 6.42 Å². The number of ether oxygens (including phenoxy) is 1. The van der Waals surface area contributed by atoms with E-state index >= 15 is 0 Å². The Hall–Kier alpha value is -1.10. The Morgan fingerprint density at radius 3 is 2.62 bits per heavy atom. The standard InChI is InChI=1S/C20H33NO3/c1-2-3-4-5-6-11-24-18-9-10-19-16(12-18)7-8-17(19)13-20(21,14-22)15-23/h9-10,12,17,22-23H,2-8,11,13-15,21H2,1H3. The maximum atomic E-state index is 9.41. The summed E-state index contributed by atoms with van der Waals surface area (Å²) in [6.07, 6.45) is 8.88. The van der Waals surface area contributed by atoms with Gasteiger partial charge >= 0.3 is 0 Å². The van der Waals surface area contributed by atoms with Crippen molar-refractivity contribution < 1.29 is 14.9 Å². The van der Waals surface area contributed by atoms with Crippen molar-refractivity contribution in [3.8, 4) is 5.75 Å². The molecule has 4 N–H and O–H groups in total. The Morgan fingerprint density at radius 2 is 1.92 bits per heavy atom. The van der Waals surface area contributed by atoms with Gasteiger partial charge in [-0.3, -0.25) is 0 Å². The third-order valence-electron chi connectivity index (χ3n) is 5.12. The zero-order valence-electron chi connectivity index (χ0n) is 15.0. The van der Waals surface area contributed by atoms with Gasteiger partial charge in [-0.2, -0.15) is 0 Å². The first-order valence-corrected chi connectivity index (χ1v) is 9.38. The lowest BCUT2D eigenvalue weighted by Gasteiger charge is -2.28. The number of benzene rings is 1. The summed E-state index contributed by atoms with van der Waals surface area (Å²) in [6.45, 7) is 2.64. The summed E-state index contributed by atoms with van der Waals surface area (Å²) in [6, 6.07) is 6.32. The predicted molar refractivity (Wildman–Crippen MR) is 97.5 cm³/mol. The highest BCUT2D eigenvalue weighted by molar-refractivity contribution is 5.41. The highest BCUT2D eigenvalue weighted by Gasteiger charge is 2.32. The Kier molecular flexibility index (Phi) is 7.53. The van der Waals surface area contributed by atoms with Gasteiger partial charge < -0.3 is 20.7 Å². The van der Waals surface area contributed by atoms with E-state index in [0.717, 1.165) is 31.6 Å². The molecule has 0 fully saturated rings. The number of nitrogens with two attached hydrogens (primary N) is 1. The lowest BCUT2D eigenvalue weighted by atomic mass is 9.86. The second-order valence-corrected chi connectivity index (χ2v) is 7.24. The van der Waals surface area contributed by atoms with Crippen molar-refractivity contribution in [2.24, 2.45) is 5.73 Å². The minimum absolute atomic E-state index is 0.186.